The van der Waals surface area contributed by atoms with Gasteiger partial charge in [0.2, 0.25) is 0 Å². The predicted octanol–water partition coefficient (Wildman–Crippen LogP) is 1.01. The van der Waals surface area contributed by atoms with E-state index in [1.807, 2.05) is 0 Å². The fourth-order valence-electron chi connectivity index (χ4n) is 2.48. The molecule has 0 aromatic carbocycles. The van der Waals surface area contributed by atoms with Gasteiger partial charge in [0.1, 0.15) is 0 Å². The van der Waals surface area contributed by atoms with Gasteiger partial charge in [0.15, 0.2) is 0 Å². The van der Waals surface area contributed by atoms with E-state index in [9.17, 15) is 0 Å². The number of terminal acetylenes is 1. The second kappa shape index (κ2) is 7.71. The number of nitrogens with one attached hydrogen (secondary N) is 1. The van der Waals surface area contributed by atoms with Crippen LogP contribution in [0.2, 0.25) is 0 Å². The molecular weight excluding hydrogens is 210 g/mol. The van der Waals surface area contributed by atoms with Crippen molar-refractivity contribution in [3.63, 3.8) is 0 Å². The van der Waals surface area contributed by atoms with Gasteiger partial charge in [-0.05, 0) is 33.5 Å². The lowest BCUT2D eigenvalue weighted by Crippen LogP contribution is -2.58. The number of hydrogen-bond acceptors (Lipinski definition) is 3. The van der Waals surface area contributed by atoms with E-state index in [0.717, 1.165) is 32.5 Å². The highest BCUT2D eigenvalue weighted by atomic mass is 15.3. The lowest BCUT2D eigenvalue weighted by molar-refractivity contribution is 0.0857. The number of piperazine rings is 1. The number of nitrogens with zero attached hydrogens (tertiary/aromatic N) is 2. The Kier molecular flexibility index (Phi) is 6.57. The first-order chi connectivity index (χ1) is 8.19. The third kappa shape index (κ3) is 4.67. The Labute approximate surface area is 107 Å². The first-order valence-corrected chi connectivity index (χ1v) is 6.74. The molecule has 1 N–H and O–H groups in total. The van der Waals surface area contributed by atoms with Gasteiger partial charge in [-0.25, -0.2) is 0 Å². The number of rotatable bonds is 6. The lowest BCUT2D eigenvalue weighted by Gasteiger charge is -2.42. The molecule has 0 saturated carbocycles. The van der Waals surface area contributed by atoms with Gasteiger partial charge in [-0.1, -0.05) is 6.92 Å². The zero-order valence-corrected chi connectivity index (χ0v) is 11.6. The van der Waals surface area contributed by atoms with E-state index < -0.39 is 0 Å². The first-order valence-electron chi connectivity index (χ1n) is 6.74. The molecular formula is C14H27N3. The van der Waals surface area contributed by atoms with Crippen molar-refractivity contribution >= 4 is 0 Å². The van der Waals surface area contributed by atoms with Gasteiger partial charge in [0.25, 0.3) is 0 Å². The van der Waals surface area contributed by atoms with Crippen LogP contribution in [0.3, 0.4) is 0 Å². The minimum Gasteiger partial charge on any atom is -0.312 e. The third-order valence-electron chi connectivity index (χ3n) is 3.62. The van der Waals surface area contributed by atoms with Crippen molar-refractivity contribution < 1.29 is 0 Å². The van der Waals surface area contributed by atoms with Crippen LogP contribution in [0.1, 0.15) is 26.2 Å². The van der Waals surface area contributed by atoms with Crippen LogP contribution >= 0.6 is 0 Å². The van der Waals surface area contributed by atoms with Crippen LogP contribution in [0.5, 0.6) is 0 Å². The van der Waals surface area contributed by atoms with Gasteiger partial charge in [0, 0.05) is 38.1 Å². The monoisotopic (exact) mass is 237 g/mol. The summed E-state index contributed by atoms with van der Waals surface area (Å²) in [7, 11) is 4.44. The average molecular weight is 237 g/mol. The zero-order chi connectivity index (χ0) is 12.7. The van der Waals surface area contributed by atoms with Gasteiger partial charge in [-0.2, -0.15) is 0 Å². The summed E-state index contributed by atoms with van der Waals surface area (Å²) in [5.74, 6) is 2.77. The van der Waals surface area contributed by atoms with Crippen LogP contribution < -0.4 is 5.32 Å². The van der Waals surface area contributed by atoms with Gasteiger partial charge in [-0.15, -0.1) is 12.3 Å². The first kappa shape index (κ1) is 14.5. The molecule has 2 unspecified atom stereocenters. The Balaban J connectivity index is 2.55. The van der Waals surface area contributed by atoms with Gasteiger partial charge >= 0.3 is 0 Å². The van der Waals surface area contributed by atoms with Crippen LogP contribution in [-0.4, -0.2) is 62.2 Å². The summed E-state index contributed by atoms with van der Waals surface area (Å²) < 4.78 is 0. The molecule has 0 aliphatic carbocycles. The quantitative estimate of drug-likeness (QED) is 0.696. The van der Waals surface area contributed by atoms with Gasteiger partial charge in [0.05, 0.1) is 0 Å². The Morgan fingerprint density at radius 1 is 1.41 bits per heavy atom. The molecule has 0 bridgehead atoms. The fourth-order valence-corrected chi connectivity index (χ4v) is 2.48. The Bertz CT molecular complexity index is 246. The summed E-state index contributed by atoms with van der Waals surface area (Å²) in [5, 5.41) is 3.66. The fraction of sp³-hybridized carbons (Fsp3) is 0.857. The van der Waals surface area contributed by atoms with E-state index in [1.165, 1.54) is 13.0 Å². The number of hydrogen-bond donors (Lipinski definition) is 1. The molecule has 3 nitrogen and oxygen atoms in total. The van der Waals surface area contributed by atoms with Crippen LogP contribution in [0.25, 0.3) is 0 Å². The van der Waals surface area contributed by atoms with E-state index in [0.29, 0.717) is 12.1 Å². The summed E-state index contributed by atoms with van der Waals surface area (Å²) in [6.07, 6.45) is 8.53. The van der Waals surface area contributed by atoms with E-state index in [-0.39, 0.29) is 0 Å². The molecule has 0 aromatic rings. The summed E-state index contributed by atoms with van der Waals surface area (Å²) >= 11 is 0. The van der Waals surface area contributed by atoms with Crippen LogP contribution in [0.15, 0.2) is 0 Å². The normalized spacial score (nSPS) is 24.5. The maximum atomic E-state index is 5.40. The molecule has 0 radical (unpaired) electrons. The summed E-state index contributed by atoms with van der Waals surface area (Å²) in [6, 6.07) is 1.12. The van der Waals surface area contributed by atoms with Gasteiger partial charge in [-0.3, -0.25) is 4.90 Å². The second-order valence-electron chi connectivity index (χ2n) is 5.11. The van der Waals surface area contributed by atoms with Crippen molar-refractivity contribution in [3.05, 3.63) is 0 Å². The second-order valence-corrected chi connectivity index (χ2v) is 5.11. The van der Waals surface area contributed by atoms with Crippen molar-refractivity contribution in [2.24, 2.45) is 0 Å². The molecule has 2 atom stereocenters. The minimum absolute atomic E-state index is 0.527. The summed E-state index contributed by atoms with van der Waals surface area (Å²) in [6.45, 7) is 6.76. The van der Waals surface area contributed by atoms with Crippen molar-refractivity contribution in [1.82, 2.24) is 15.1 Å². The van der Waals surface area contributed by atoms with E-state index >= 15 is 0 Å². The molecule has 0 amide bonds. The van der Waals surface area contributed by atoms with Crippen molar-refractivity contribution in [2.75, 3.05) is 40.3 Å². The Morgan fingerprint density at radius 2 is 2.18 bits per heavy atom. The zero-order valence-electron chi connectivity index (χ0n) is 11.6. The maximum absolute atomic E-state index is 5.40. The van der Waals surface area contributed by atoms with Crippen LogP contribution in [0.4, 0.5) is 0 Å². The molecule has 1 aliphatic rings. The van der Waals surface area contributed by atoms with Crippen molar-refractivity contribution in [3.8, 4) is 12.3 Å². The SMILES string of the molecule is C#CCCC(NCCC)C1CN(C)CCN1C. The molecule has 1 saturated heterocycles. The van der Waals surface area contributed by atoms with E-state index in [4.69, 9.17) is 6.42 Å². The Hall–Kier alpha value is -0.560. The summed E-state index contributed by atoms with van der Waals surface area (Å²) in [4.78, 5) is 4.89. The average Bonchev–Trinajstić information content (AvgIpc) is 2.33. The van der Waals surface area contributed by atoms with Crippen molar-refractivity contribution in [2.45, 2.75) is 38.3 Å². The van der Waals surface area contributed by atoms with Crippen molar-refractivity contribution in [1.29, 1.82) is 0 Å². The highest BCUT2D eigenvalue weighted by Crippen LogP contribution is 2.13. The third-order valence-corrected chi connectivity index (χ3v) is 3.62. The highest BCUT2D eigenvalue weighted by Gasteiger charge is 2.28. The molecule has 98 valence electrons. The Morgan fingerprint density at radius 3 is 2.82 bits per heavy atom. The highest BCUT2D eigenvalue weighted by molar-refractivity contribution is 4.93. The number of likely N-dealkylation sites (N-methyl/N-ethyl adjacent to an activating group) is 2. The molecule has 0 aromatic heterocycles. The molecule has 1 aliphatic heterocycles. The molecule has 1 rings (SSSR count). The smallest absolute Gasteiger partial charge is 0.0374 e. The predicted molar refractivity (Wildman–Crippen MR) is 74.1 cm³/mol. The summed E-state index contributed by atoms with van der Waals surface area (Å²) in [5.41, 5.74) is 0. The molecule has 17 heavy (non-hydrogen) atoms. The lowest BCUT2D eigenvalue weighted by atomic mass is 9.99. The van der Waals surface area contributed by atoms with E-state index in [1.54, 1.807) is 0 Å². The van der Waals surface area contributed by atoms with Gasteiger partial charge < -0.3 is 10.2 Å². The molecule has 1 heterocycles. The standard InChI is InChI=1S/C14H27N3/c1-5-7-8-13(15-9-6-2)14-12-16(3)10-11-17(14)4/h1,13-15H,6-12H2,2-4H3. The minimum atomic E-state index is 0.527. The molecule has 0 spiro atoms. The topological polar surface area (TPSA) is 18.5 Å². The largest absolute Gasteiger partial charge is 0.312 e. The maximum Gasteiger partial charge on any atom is 0.0374 e. The van der Waals surface area contributed by atoms with Crippen LogP contribution in [-0.2, 0) is 0 Å². The molecule has 3 heteroatoms. The molecule has 1 fully saturated rings. The van der Waals surface area contributed by atoms with E-state index in [2.05, 4.69) is 42.1 Å². The van der Waals surface area contributed by atoms with Crippen LogP contribution in [0, 0.1) is 12.3 Å².